The third-order valence-corrected chi connectivity index (χ3v) is 5.41. The number of amides is 1. The van der Waals surface area contributed by atoms with Crippen molar-refractivity contribution in [1.82, 2.24) is 0 Å². The van der Waals surface area contributed by atoms with Crippen LogP contribution in [0.5, 0.6) is 17.2 Å². The molecule has 1 N–H and O–H groups in total. The van der Waals surface area contributed by atoms with Gasteiger partial charge in [-0.25, -0.2) is 0 Å². The summed E-state index contributed by atoms with van der Waals surface area (Å²) in [6, 6.07) is 9.42. The minimum atomic E-state index is -0.404. The van der Waals surface area contributed by atoms with Gasteiger partial charge in [0.15, 0.2) is 17.5 Å². The molecule has 7 heteroatoms. The van der Waals surface area contributed by atoms with Gasteiger partial charge in [-0.1, -0.05) is 12.1 Å². The van der Waals surface area contributed by atoms with Crippen molar-refractivity contribution in [3.05, 3.63) is 47.0 Å². The highest BCUT2D eigenvalue weighted by Crippen LogP contribution is 2.50. The van der Waals surface area contributed by atoms with Crippen molar-refractivity contribution in [2.75, 3.05) is 39.9 Å². The van der Waals surface area contributed by atoms with Gasteiger partial charge in [-0.2, -0.15) is 0 Å². The van der Waals surface area contributed by atoms with E-state index in [4.69, 9.17) is 14.2 Å². The summed E-state index contributed by atoms with van der Waals surface area (Å²) in [6.45, 7) is 3.03. The molecule has 150 valence electrons. The molecule has 28 heavy (non-hydrogen) atoms. The van der Waals surface area contributed by atoms with Crippen LogP contribution in [0.2, 0.25) is 0 Å². The number of hydrogen-bond acceptors (Lipinski definition) is 4. The van der Waals surface area contributed by atoms with Gasteiger partial charge in [0.1, 0.15) is 0 Å². The van der Waals surface area contributed by atoms with Crippen LogP contribution in [-0.2, 0) is 11.2 Å². The zero-order chi connectivity index (χ0) is 19.2. The van der Waals surface area contributed by atoms with E-state index in [1.807, 2.05) is 37.3 Å². The normalized spacial score (nSPS) is 18.6. The zero-order valence-electron chi connectivity index (χ0n) is 16.5. The van der Waals surface area contributed by atoms with Crippen LogP contribution in [0, 0.1) is 6.92 Å². The van der Waals surface area contributed by atoms with E-state index < -0.39 is 6.04 Å². The van der Waals surface area contributed by atoms with Gasteiger partial charge >= 0.3 is 0 Å². The molecule has 0 aliphatic carbocycles. The maximum atomic E-state index is 13.4. The number of aryl methyl sites for hydroxylation is 1. The minimum Gasteiger partial charge on any atom is -1.00 e. The lowest BCUT2D eigenvalue weighted by Crippen LogP contribution is -3.00. The molecule has 1 atom stereocenters. The lowest BCUT2D eigenvalue weighted by atomic mass is 9.88. The average Bonchev–Trinajstić information content (AvgIpc) is 3.07. The number of likely N-dealkylation sites (N-methyl/N-ethyl adjacent to an activating group) is 1. The van der Waals surface area contributed by atoms with E-state index in [0.717, 1.165) is 35.3 Å². The highest BCUT2D eigenvalue weighted by molar-refractivity contribution is 5.96. The van der Waals surface area contributed by atoms with Gasteiger partial charge in [0.05, 0.1) is 33.3 Å². The molecule has 2 aromatic carbocycles. The Balaban J connectivity index is 0.00000225. The molecule has 2 heterocycles. The Morgan fingerprint density at radius 3 is 2.75 bits per heavy atom. The highest BCUT2D eigenvalue weighted by Gasteiger charge is 2.45. The molecule has 1 unspecified atom stereocenters. The van der Waals surface area contributed by atoms with Gasteiger partial charge in [-0.15, -0.1) is 0 Å². The van der Waals surface area contributed by atoms with Crippen LogP contribution in [0.4, 0.5) is 5.69 Å². The molecular formula is C21H25IN2O4. The Bertz CT molecular complexity index is 914. The molecule has 0 bridgehead atoms. The van der Waals surface area contributed by atoms with Crippen molar-refractivity contribution in [2.45, 2.75) is 19.4 Å². The first-order valence-corrected chi connectivity index (χ1v) is 9.10. The molecule has 1 amide bonds. The fraction of sp³-hybridized carbons (Fsp3) is 0.381. The first-order chi connectivity index (χ1) is 12.9. The number of anilines is 1. The smallest absolute Gasteiger partial charge is 0.287 e. The van der Waals surface area contributed by atoms with Crippen LogP contribution in [0.3, 0.4) is 0 Å². The van der Waals surface area contributed by atoms with E-state index in [-0.39, 0.29) is 36.7 Å². The monoisotopic (exact) mass is 496 g/mol. The maximum absolute atomic E-state index is 13.4. The van der Waals surface area contributed by atoms with Crippen LogP contribution >= 0.6 is 0 Å². The summed E-state index contributed by atoms with van der Waals surface area (Å²) in [5.74, 6) is 1.83. The van der Waals surface area contributed by atoms with E-state index in [9.17, 15) is 4.79 Å². The lowest BCUT2D eigenvalue weighted by Gasteiger charge is -2.42. The molecule has 4 rings (SSSR count). The average molecular weight is 496 g/mol. The summed E-state index contributed by atoms with van der Waals surface area (Å²) >= 11 is 0. The van der Waals surface area contributed by atoms with Crippen molar-refractivity contribution in [1.29, 1.82) is 0 Å². The second kappa shape index (κ2) is 7.79. The van der Waals surface area contributed by atoms with Crippen molar-refractivity contribution in [3.63, 3.8) is 0 Å². The third-order valence-electron chi connectivity index (χ3n) is 5.41. The molecule has 0 saturated carbocycles. The highest BCUT2D eigenvalue weighted by atomic mass is 127. The van der Waals surface area contributed by atoms with Crippen LogP contribution in [0.1, 0.15) is 22.7 Å². The standard InChI is InChI=1S/C21H24N2O4.HI/c1-13-6-5-7-15(10-13)22-21(24)18-17-14(8-9-23(18,2)3)11-16-19(20(17)25-4)27-12-26-16;/h5-7,10-11,18H,8-9,12H2,1-4H3;1H. The Morgan fingerprint density at radius 1 is 1.25 bits per heavy atom. The van der Waals surface area contributed by atoms with Crippen molar-refractivity contribution >= 4 is 11.6 Å². The predicted molar refractivity (Wildman–Crippen MR) is 102 cm³/mol. The topological polar surface area (TPSA) is 56.8 Å². The number of hydrogen-bond donors (Lipinski definition) is 1. The number of benzene rings is 2. The number of methoxy groups -OCH3 is 1. The Morgan fingerprint density at radius 2 is 2.04 bits per heavy atom. The largest absolute Gasteiger partial charge is 1.00 e. The van der Waals surface area contributed by atoms with Crippen LogP contribution in [0.15, 0.2) is 30.3 Å². The number of carbonyl (C=O) groups excluding carboxylic acids is 1. The summed E-state index contributed by atoms with van der Waals surface area (Å²) < 4.78 is 17.4. The molecule has 0 fully saturated rings. The summed E-state index contributed by atoms with van der Waals surface area (Å²) in [6.07, 6.45) is 0.851. The van der Waals surface area contributed by atoms with Gasteiger partial charge in [-0.05, 0) is 36.2 Å². The Hall–Kier alpha value is -2.00. The summed E-state index contributed by atoms with van der Waals surface area (Å²) in [5.41, 5.74) is 3.87. The fourth-order valence-corrected chi connectivity index (χ4v) is 4.06. The number of halogens is 1. The molecule has 0 radical (unpaired) electrons. The van der Waals surface area contributed by atoms with Crippen LogP contribution in [0.25, 0.3) is 0 Å². The summed E-state index contributed by atoms with van der Waals surface area (Å²) in [7, 11) is 5.77. The number of fused-ring (bicyclic) bond motifs is 2. The molecule has 2 aliphatic heterocycles. The second-order valence-electron chi connectivity index (χ2n) is 7.73. The Labute approximate surface area is 182 Å². The minimum absolute atomic E-state index is 0. The second-order valence-corrected chi connectivity index (χ2v) is 7.73. The summed E-state index contributed by atoms with van der Waals surface area (Å²) in [5, 5.41) is 3.09. The van der Waals surface area contributed by atoms with E-state index >= 15 is 0 Å². The van der Waals surface area contributed by atoms with Crippen molar-refractivity contribution < 1.29 is 47.5 Å². The van der Waals surface area contributed by atoms with Gasteiger partial charge in [0.25, 0.3) is 5.91 Å². The summed E-state index contributed by atoms with van der Waals surface area (Å²) in [4.78, 5) is 13.4. The molecule has 0 spiro atoms. The SMILES string of the molecule is COc1c2c(cc3c1C(C(=O)Nc1cccc(C)c1)[N+](C)(C)CC3)OCO2.[I-]. The number of nitrogens with zero attached hydrogens (tertiary/aromatic N) is 1. The molecule has 2 aromatic rings. The van der Waals surface area contributed by atoms with Crippen LogP contribution in [-0.4, -0.2) is 44.9 Å². The number of ether oxygens (including phenoxy) is 3. The van der Waals surface area contributed by atoms with E-state index in [0.29, 0.717) is 21.7 Å². The first-order valence-electron chi connectivity index (χ1n) is 9.10. The molecule has 6 nitrogen and oxygen atoms in total. The van der Waals surface area contributed by atoms with E-state index in [2.05, 4.69) is 19.4 Å². The van der Waals surface area contributed by atoms with Crippen molar-refractivity contribution in [2.24, 2.45) is 0 Å². The van der Waals surface area contributed by atoms with Gasteiger partial charge in [0.2, 0.25) is 12.5 Å². The Kier molecular flexibility index (Phi) is 5.77. The molecule has 0 aromatic heterocycles. The fourth-order valence-electron chi connectivity index (χ4n) is 4.06. The number of carbonyl (C=O) groups is 1. The molecule has 0 saturated heterocycles. The number of rotatable bonds is 3. The van der Waals surface area contributed by atoms with E-state index in [1.165, 1.54) is 0 Å². The zero-order valence-corrected chi connectivity index (χ0v) is 18.7. The number of quaternary nitrogens is 1. The number of nitrogens with one attached hydrogen (secondary N) is 1. The van der Waals surface area contributed by atoms with Gasteiger partial charge in [0, 0.05) is 12.1 Å². The van der Waals surface area contributed by atoms with E-state index in [1.54, 1.807) is 7.11 Å². The molecular weight excluding hydrogens is 471 g/mol. The molecule has 2 aliphatic rings. The third kappa shape index (κ3) is 3.53. The quantitative estimate of drug-likeness (QED) is 0.482. The van der Waals surface area contributed by atoms with Gasteiger partial charge in [-0.3, -0.25) is 4.79 Å². The van der Waals surface area contributed by atoms with Gasteiger partial charge < -0.3 is 48.0 Å². The maximum Gasteiger partial charge on any atom is 0.287 e. The predicted octanol–water partition coefficient (Wildman–Crippen LogP) is 0.0486. The van der Waals surface area contributed by atoms with Crippen LogP contribution < -0.4 is 43.5 Å². The first kappa shape index (κ1) is 20.7. The lowest BCUT2D eigenvalue weighted by molar-refractivity contribution is -0.913. The van der Waals surface area contributed by atoms with Crippen molar-refractivity contribution in [3.8, 4) is 17.2 Å².